The average Bonchev–Trinajstić information content (AvgIpc) is 3.20. The van der Waals surface area contributed by atoms with Crippen LogP contribution in [0.3, 0.4) is 0 Å². The molecule has 0 saturated carbocycles. The number of hydrogen-bond donors (Lipinski definition) is 1. The minimum Gasteiger partial charge on any atom is -0.467 e. The van der Waals surface area contributed by atoms with Crippen LogP contribution in [0, 0.1) is 17.2 Å². The molecule has 0 aliphatic heterocycles. The summed E-state index contributed by atoms with van der Waals surface area (Å²) in [6.07, 6.45) is 0.607. The second kappa shape index (κ2) is 7.61. The van der Waals surface area contributed by atoms with E-state index < -0.39 is 12.1 Å². The van der Waals surface area contributed by atoms with Crippen molar-refractivity contribution in [2.45, 2.75) is 26.5 Å². The Kier molecular flexibility index (Phi) is 5.55. The summed E-state index contributed by atoms with van der Waals surface area (Å²) >= 11 is 1.04. The highest BCUT2D eigenvalue weighted by molar-refractivity contribution is 7.14. The summed E-state index contributed by atoms with van der Waals surface area (Å²) < 4.78 is 10.4. The molecule has 1 amide bonds. The molecule has 23 heavy (non-hydrogen) atoms. The lowest BCUT2D eigenvalue weighted by Gasteiger charge is -2.20. The number of thiophene rings is 1. The fraction of sp³-hybridized carbons (Fsp3) is 0.312. The van der Waals surface area contributed by atoms with Gasteiger partial charge in [0.25, 0.3) is 5.91 Å². The molecule has 1 atom stereocenters. The van der Waals surface area contributed by atoms with Crippen LogP contribution in [0.2, 0.25) is 0 Å². The molecule has 7 heteroatoms. The topological polar surface area (TPSA) is 92.3 Å². The first-order chi connectivity index (χ1) is 11.0. The van der Waals surface area contributed by atoms with Gasteiger partial charge < -0.3 is 14.5 Å². The Labute approximate surface area is 137 Å². The highest BCUT2D eigenvalue weighted by Gasteiger charge is 2.27. The van der Waals surface area contributed by atoms with Crippen LogP contribution >= 0.6 is 11.3 Å². The lowest BCUT2D eigenvalue weighted by Crippen LogP contribution is -2.40. The number of ether oxygens (including phenoxy) is 1. The van der Waals surface area contributed by atoms with Crippen molar-refractivity contribution in [1.82, 2.24) is 5.32 Å². The average molecular weight is 332 g/mol. The van der Waals surface area contributed by atoms with E-state index in [1.165, 1.54) is 12.3 Å². The number of nitriles is 1. The molecule has 1 N–H and O–H groups in total. The van der Waals surface area contributed by atoms with E-state index in [1.807, 2.05) is 6.07 Å². The second-order valence-corrected chi connectivity index (χ2v) is 6.23. The summed E-state index contributed by atoms with van der Waals surface area (Å²) in [6, 6.07) is 8.49. The molecule has 0 bridgehead atoms. The molecule has 2 aromatic heterocycles. The number of amides is 1. The number of furan rings is 1. The van der Waals surface area contributed by atoms with E-state index in [4.69, 9.17) is 14.4 Å². The Morgan fingerprint density at radius 2 is 2.17 bits per heavy atom. The zero-order chi connectivity index (χ0) is 16.8. The van der Waals surface area contributed by atoms with Gasteiger partial charge in [0.1, 0.15) is 21.6 Å². The van der Waals surface area contributed by atoms with Crippen LogP contribution in [0.4, 0.5) is 0 Å². The van der Waals surface area contributed by atoms with Gasteiger partial charge >= 0.3 is 5.97 Å². The minimum absolute atomic E-state index is 0.189. The highest BCUT2D eigenvalue weighted by atomic mass is 32.1. The summed E-state index contributed by atoms with van der Waals surface area (Å²) in [7, 11) is 0. The first-order valence-corrected chi connectivity index (χ1v) is 7.84. The molecule has 0 aromatic carbocycles. The normalized spacial score (nSPS) is 11.7. The van der Waals surface area contributed by atoms with Crippen molar-refractivity contribution in [1.29, 1.82) is 5.26 Å². The van der Waals surface area contributed by atoms with Crippen molar-refractivity contribution in [3.05, 3.63) is 46.0 Å². The number of nitrogens with one attached hydrogen (secondary N) is 1. The van der Waals surface area contributed by atoms with E-state index in [0.29, 0.717) is 15.5 Å². The number of rotatable bonds is 6. The number of nitrogens with zero attached hydrogens (tertiary/aromatic N) is 1. The molecule has 2 rings (SSSR count). The van der Waals surface area contributed by atoms with Crippen LogP contribution in [0.15, 0.2) is 34.9 Å². The summed E-state index contributed by atoms with van der Waals surface area (Å²) in [5.41, 5.74) is 0. The third kappa shape index (κ3) is 4.44. The third-order valence-electron chi connectivity index (χ3n) is 3.03. The van der Waals surface area contributed by atoms with Gasteiger partial charge in [-0.1, -0.05) is 13.8 Å². The van der Waals surface area contributed by atoms with E-state index in [9.17, 15) is 9.59 Å². The summed E-state index contributed by atoms with van der Waals surface area (Å²) in [6.45, 7) is 3.81. The summed E-state index contributed by atoms with van der Waals surface area (Å²) in [5.74, 6) is -0.569. The zero-order valence-corrected chi connectivity index (χ0v) is 13.6. The Morgan fingerprint density at radius 1 is 1.39 bits per heavy atom. The molecule has 6 nitrogen and oxygen atoms in total. The van der Waals surface area contributed by atoms with Gasteiger partial charge in [0.05, 0.1) is 12.8 Å². The van der Waals surface area contributed by atoms with Gasteiger partial charge in [0.15, 0.2) is 6.10 Å². The maximum absolute atomic E-state index is 12.2. The maximum Gasteiger partial charge on any atom is 0.349 e. The molecule has 0 spiro atoms. The van der Waals surface area contributed by atoms with E-state index >= 15 is 0 Å². The number of carbonyl (C=O) groups excluding carboxylic acids is 2. The molecule has 0 fully saturated rings. The Balaban J connectivity index is 1.98. The van der Waals surface area contributed by atoms with E-state index in [0.717, 1.165) is 11.3 Å². The van der Waals surface area contributed by atoms with E-state index in [2.05, 4.69) is 5.32 Å². The van der Waals surface area contributed by atoms with Crippen LogP contribution in [-0.2, 0) is 16.1 Å². The molecule has 1 unspecified atom stereocenters. The van der Waals surface area contributed by atoms with Gasteiger partial charge in [-0.2, -0.15) is 5.26 Å². The number of esters is 1. The molecule has 2 aromatic rings. The van der Waals surface area contributed by atoms with Gasteiger partial charge in [0, 0.05) is 0 Å². The van der Waals surface area contributed by atoms with Crippen molar-refractivity contribution in [3.63, 3.8) is 0 Å². The predicted molar refractivity (Wildman–Crippen MR) is 83.6 cm³/mol. The SMILES string of the molecule is CC(C)C(OC(=O)c1ccc(C#N)s1)C(=O)NCc1ccco1. The van der Waals surface area contributed by atoms with Crippen LogP contribution in [-0.4, -0.2) is 18.0 Å². The molecule has 2 heterocycles. The number of hydrogen-bond acceptors (Lipinski definition) is 6. The maximum atomic E-state index is 12.2. The Hall–Kier alpha value is -2.59. The molecule has 120 valence electrons. The van der Waals surface area contributed by atoms with E-state index in [-0.39, 0.29) is 18.4 Å². The third-order valence-corrected chi connectivity index (χ3v) is 4.00. The van der Waals surface area contributed by atoms with Crippen LogP contribution < -0.4 is 5.32 Å². The Bertz CT molecular complexity index is 713. The number of carbonyl (C=O) groups is 2. The molecular formula is C16H16N2O4S. The quantitative estimate of drug-likeness (QED) is 0.821. The van der Waals surface area contributed by atoms with Crippen LogP contribution in [0.5, 0.6) is 0 Å². The Morgan fingerprint density at radius 3 is 2.74 bits per heavy atom. The summed E-state index contributed by atoms with van der Waals surface area (Å²) in [4.78, 5) is 25.0. The standard InChI is InChI=1S/C16H16N2O4S/c1-10(2)14(15(19)18-9-11-4-3-7-21-11)22-16(20)13-6-5-12(8-17)23-13/h3-7,10,14H,9H2,1-2H3,(H,18,19). The van der Waals surface area contributed by atoms with Crippen LogP contribution in [0.1, 0.15) is 34.2 Å². The van der Waals surface area contributed by atoms with E-state index in [1.54, 1.807) is 32.0 Å². The monoisotopic (exact) mass is 332 g/mol. The first kappa shape index (κ1) is 16.8. The van der Waals surface area contributed by atoms with Crippen LogP contribution in [0.25, 0.3) is 0 Å². The largest absolute Gasteiger partial charge is 0.467 e. The fourth-order valence-electron chi connectivity index (χ4n) is 1.86. The van der Waals surface area contributed by atoms with Crippen molar-refractivity contribution in [2.24, 2.45) is 5.92 Å². The smallest absolute Gasteiger partial charge is 0.349 e. The van der Waals surface area contributed by atoms with Gasteiger partial charge in [-0.3, -0.25) is 4.79 Å². The summed E-state index contributed by atoms with van der Waals surface area (Å²) in [5, 5.41) is 11.5. The van der Waals surface area contributed by atoms with Gasteiger partial charge in [-0.25, -0.2) is 4.79 Å². The molecule has 0 saturated heterocycles. The zero-order valence-electron chi connectivity index (χ0n) is 12.7. The van der Waals surface area contributed by atoms with Crippen molar-refractivity contribution < 1.29 is 18.7 Å². The molecule has 0 radical (unpaired) electrons. The van der Waals surface area contributed by atoms with Crippen molar-refractivity contribution >= 4 is 23.2 Å². The lowest BCUT2D eigenvalue weighted by molar-refractivity contribution is -0.132. The first-order valence-electron chi connectivity index (χ1n) is 7.02. The van der Waals surface area contributed by atoms with Gasteiger partial charge in [-0.15, -0.1) is 11.3 Å². The fourth-order valence-corrected chi connectivity index (χ4v) is 2.55. The molecule has 0 aliphatic carbocycles. The van der Waals surface area contributed by atoms with Crippen molar-refractivity contribution in [2.75, 3.05) is 0 Å². The predicted octanol–water partition coefficient (Wildman–Crippen LogP) is 2.71. The lowest BCUT2D eigenvalue weighted by atomic mass is 10.1. The minimum atomic E-state index is -0.912. The molecule has 0 aliphatic rings. The van der Waals surface area contributed by atoms with Crippen molar-refractivity contribution in [3.8, 4) is 6.07 Å². The van der Waals surface area contributed by atoms with Gasteiger partial charge in [-0.05, 0) is 30.2 Å². The second-order valence-electron chi connectivity index (χ2n) is 5.14. The molecular weight excluding hydrogens is 316 g/mol. The van der Waals surface area contributed by atoms with Gasteiger partial charge in [0.2, 0.25) is 0 Å². The highest BCUT2D eigenvalue weighted by Crippen LogP contribution is 2.18.